The Morgan fingerprint density at radius 1 is 1.39 bits per heavy atom. The fourth-order valence-electron chi connectivity index (χ4n) is 2.74. The Kier molecular flexibility index (Phi) is 3.84. The van der Waals surface area contributed by atoms with Crippen molar-refractivity contribution in [3.05, 3.63) is 16.1 Å². The van der Waals surface area contributed by atoms with Crippen LogP contribution in [0.5, 0.6) is 0 Å². The molecule has 1 fully saturated rings. The first kappa shape index (κ1) is 14.0. The molecule has 0 saturated heterocycles. The van der Waals surface area contributed by atoms with Crippen LogP contribution in [0.4, 0.5) is 0 Å². The van der Waals surface area contributed by atoms with Gasteiger partial charge < -0.3 is 5.73 Å². The topological polar surface area (TPSA) is 38.9 Å². The van der Waals surface area contributed by atoms with Crippen LogP contribution < -0.4 is 5.73 Å². The van der Waals surface area contributed by atoms with Crippen LogP contribution in [0.3, 0.4) is 0 Å². The molecule has 102 valence electrons. The van der Waals surface area contributed by atoms with E-state index in [0.717, 1.165) is 6.42 Å². The molecule has 0 spiro atoms. The summed E-state index contributed by atoms with van der Waals surface area (Å²) < 4.78 is 0. The number of aromatic nitrogens is 1. The van der Waals surface area contributed by atoms with Gasteiger partial charge in [0.1, 0.15) is 0 Å². The van der Waals surface area contributed by atoms with Crippen molar-refractivity contribution in [2.45, 2.75) is 71.3 Å². The van der Waals surface area contributed by atoms with Gasteiger partial charge in [-0.2, -0.15) is 0 Å². The first-order valence-corrected chi connectivity index (χ1v) is 7.90. The predicted octanol–water partition coefficient (Wildman–Crippen LogP) is 3.89. The van der Waals surface area contributed by atoms with Crippen molar-refractivity contribution >= 4 is 11.3 Å². The van der Waals surface area contributed by atoms with Crippen LogP contribution in [0.15, 0.2) is 5.38 Å². The number of nitrogens with two attached hydrogens (primary N) is 1. The molecule has 0 aliphatic heterocycles. The normalized spacial score (nSPS) is 21.2. The third kappa shape index (κ3) is 2.94. The van der Waals surface area contributed by atoms with Crippen LogP contribution in [0.25, 0.3) is 0 Å². The Morgan fingerprint density at radius 3 is 2.50 bits per heavy atom. The molecule has 2 nitrogen and oxygen atoms in total. The number of nitrogens with zero attached hydrogens (tertiary/aromatic N) is 1. The van der Waals surface area contributed by atoms with E-state index in [2.05, 4.69) is 33.1 Å². The minimum Gasteiger partial charge on any atom is -0.327 e. The van der Waals surface area contributed by atoms with Crippen LogP contribution in [0.2, 0.25) is 0 Å². The van der Waals surface area contributed by atoms with Crippen molar-refractivity contribution in [1.82, 2.24) is 4.98 Å². The molecule has 2 rings (SSSR count). The van der Waals surface area contributed by atoms with E-state index in [1.165, 1.54) is 36.4 Å². The zero-order valence-electron chi connectivity index (χ0n) is 12.1. The fraction of sp³-hybridized carbons (Fsp3) is 0.800. The molecule has 1 saturated carbocycles. The van der Waals surface area contributed by atoms with E-state index in [1.807, 2.05) is 0 Å². The predicted molar refractivity (Wildman–Crippen MR) is 79.1 cm³/mol. The van der Waals surface area contributed by atoms with E-state index < -0.39 is 0 Å². The SMILES string of the molecule is CC(C)(C)c1csc(CC(N)C2(C)CCCC2)n1. The highest BCUT2D eigenvalue weighted by molar-refractivity contribution is 7.09. The van der Waals surface area contributed by atoms with Gasteiger partial charge in [-0.1, -0.05) is 40.5 Å². The highest BCUT2D eigenvalue weighted by Crippen LogP contribution is 2.41. The smallest absolute Gasteiger partial charge is 0.0944 e. The number of hydrogen-bond donors (Lipinski definition) is 1. The summed E-state index contributed by atoms with van der Waals surface area (Å²) in [6.45, 7) is 8.99. The summed E-state index contributed by atoms with van der Waals surface area (Å²) in [6, 6.07) is 0.263. The molecule has 1 aromatic heterocycles. The Labute approximate surface area is 115 Å². The molecule has 1 aliphatic rings. The van der Waals surface area contributed by atoms with Crippen LogP contribution in [-0.4, -0.2) is 11.0 Å². The molecule has 0 radical (unpaired) electrons. The van der Waals surface area contributed by atoms with Gasteiger partial charge in [0.25, 0.3) is 0 Å². The van der Waals surface area contributed by atoms with Crippen molar-refractivity contribution in [2.75, 3.05) is 0 Å². The molecule has 1 aliphatic carbocycles. The van der Waals surface area contributed by atoms with E-state index in [0.29, 0.717) is 5.41 Å². The Bertz CT molecular complexity index is 397. The van der Waals surface area contributed by atoms with Gasteiger partial charge in [0, 0.05) is 23.3 Å². The zero-order valence-corrected chi connectivity index (χ0v) is 12.9. The molecule has 1 aromatic rings. The van der Waals surface area contributed by atoms with Crippen molar-refractivity contribution < 1.29 is 0 Å². The van der Waals surface area contributed by atoms with Crippen molar-refractivity contribution in [2.24, 2.45) is 11.1 Å². The summed E-state index contributed by atoms with van der Waals surface area (Å²) in [4.78, 5) is 4.76. The minimum atomic E-state index is 0.149. The maximum Gasteiger partial charge on any atom is 0.0944 e. The lowest BCUT2D eigenvalue weighted by Gasteiger charge is -2.30. The molecule has 0 amide bonds. The monoisotopic (exact) mass is 266 g/mol. The quantitative estimate of drug-likeness (QED) is 0.901. The van der Waals surface area contributed by atoms with Gasteiger partial charge in [-0.25, -0.2) is 4.98 Å². The Balaban J connectivity index is 2.03. The number of rotatable bonds is 3. The molecule has 3 heteroatoms. The molecule has 1 unspecified atom stereocenters. The van der Waals surface area contributed by atoms with Gasteiger partial charge in [-0.15, -0.1) is 11.3 Å². The van der Waals surface area contributed by atoms with E-state index in [4.69, 9.17) is 10.7 Å². The third-order valence-electron chi connectivity index (χ3n) is 4.36. The second-order valence-electron chi connectivity index (χ2n) is 7.05. The molecule has 0 aromatic carbocycles. The van der Waals surface area contributed by atoms with E-state index in [1.54, 1.807) is 11.3 Å². The van der Waals surface area contributed by atoms with E-state index in [9.17, 15) is 0 Å². The molecule has 2 N–H and O–H groups in total. The van der Waals surface area contributed by atoms with Gasteiger partial charge in [0.05, 0.1) is 10.7 Å². The minimum absolute atomic E-state index is 0.149. The van der Waals surface area contributed by atoms with Gasteiger partial charge in [-0.3, -0.25) is 0 Å². The zero-order chi connectivity index (χ0) is 13.4. The lowest BCUT2D eigenvalue weighted by Crippen LogP contribution is -2.39. The average Bonchev–Trinajstić information content (AvgIpc) is 2.86. The Morgan fingerprint density at radius 2 is 2.00 bits per heavy atom. The van der Waals surface area contributed by atoms with Gasteiger partial charge in [0.2, 0.25) is 0 Å². The van der Waals surface area contributed by atoms with Crippen LogP contribution >= 0.6 is 11.3 Å². The first-order chi connectivity index (χ1) is 8.31. The summed E-state index contributed by atoms with van der Waals surface area (Å²) in [5, 5.41) is 3.40. The highest BCUT2D eigenvalue weighted by atomic mass is 32.1. The van der Waals surface area contributed by atoms with Gasteiger partial charge in [-0.05, 0) is 18.3 Å². The van der Waals surface area contributed by atoms with Gasteiger partial charge in [0.15, 0.2) is 0 Å². The summed E-state index contributed by atoms with van der Waals surface area (Å²) >= 11 is 1.77. The average molecular weight is 266 g/mol. The molecule has 1 atom stereocenters. The lowest BCUT2D eigenvalue weighted by atomic mass is 9.80. The lowest BCUT2D eigenvalue weighted by molar-refractivity contribution is 0.260. The first-order valence-electron chi connectivity index (χ1n) is 7.02. The second-order valence-corrected chi connectivity index (χ2v) is 7.99. The number of thiazole rings is 1. The highest BCUT2D eigenvalue weighted by Gasteiger charge is 2.35. The van der Waals surface area contributed by atoms with Crippen molar-refractivity contribution in [3.63, 3.8) is 0 Å². The summed E-state index contributed by atoms with van der Waals surface area (Å²) in [7, 11) is 0. The molecular formula is C15H26N2S. The maximum atomic E-state index is 6.43. The molecule has 18 heavy (non-hydrogen) atoms. The molecule has 1 heterocycles. The maximum absolute atomic E-state index is 6.43. The largest absolute Gasteiger partial charge is 0.327 e. The summed E-state index contributed by atoms with van der Waals surface area (Å²) in [5.74, 6) is 0. The number of hydrogen-bond acceptors (Lipinski definition) is 3. The van der Waals surface area contributed by atoms with Crippen molar-refractivity contribution in [1.29, 1.82) is 0 Å². The standard InChI is InChI=1S/C15H26N2S/c1-14(2,3)12-10-18-13(17-12)9-11(16)15(4)7-5-6-8-15/h10-11H,5-9,16H2,1-4H3. The Hall–Kier alpha value is -0.410. The van der Waals surface area contributed by atoms with Crippen LogP contribution in [0, 0.1) is 5.41 Å². The summed E-state index contributed by atoms with van der Waals surface area (Å²) in [6.07, 6.45) is 6.19. The fourth-order valence-corrected chi connectivity index (χ4v) is 3.82. The van der Waals surface area contributed by atoms with Gasteiger partial charge >= 0.3 is 0 Å². The van der Waals surface area contributed by atoms with E-state index >= 15 is 0 Å². The van der Waals surface area contributed by atoms with E-state index in [-0.39, 0.29) is 11.5 Å². The second kappa shape index (κ2) is 4.93. The molecular weight excluding hydrogens is 240 g/mol. The molecule has 0 bridgehead atoms. The van der Waals surface area contributed by atoms with Crippen molar-refractivity contribution in [3.8, 4) is 0 Å². The van der Waals surface area contributed by atoms with Crippen LogP contribution in [0.1, 0.15) is 64.1 Å². The van der Waals surface area contributed by atoms with Crippen LogP contribution in [-0.2, 0) is 11.8 Å². The third-order valence-corrected chi connectivity index (χ3v) is 5.23. The summed E-state index contributed by atoms with van der Waals surface area (Å²) in [5.41, 5.74) is 8.12.